The van der Waals surface area contributed by atoms with Crippen LogP contribution in [-0.4, -0.2) is 52.5 Å². The van der Waals surface area contributed by atoms with Crippen LogP contribution in [0.1, 0.15) is 36.0 Å². The van der Waals surface area contributed by atoms with Gasteiger partial charge < -0.3 is 9.67 Å². The normalized spacial score (nSPS) is 19.2. The van der Waals surface area contributed by atoms with Gasteiger partial charge in [0.1, 0.15) is 12.4 Å². The van der Waals surface area contributed by atoms with Crippen molar-refractivity contribution < 1.29 is 13.5 Å². The van der Waals surface area contributed by atoms with E-state index >= 15 is 0 Å². The summed E-state index contributed by atoms with van der Waals surface area (Å²) in [5, 5.41) is 17.6. The fraction of sp³-hybridized carbons (Fsp3) is 0.529. The van der Waals surface area contributed by atoms with E-state index in [4.69, 9.17) is 0 Å². The average molecular weight is 364 g/mol. The van der Waals surface area contributed by atoms with Crippen LogP contribution in [0.15, 0.2) is 29.2 Å². The second-order valence-corrected chi connectivity index (χ2v) is 8.70. The molecule has 1 fully saturated rings. The molecule has 136 valence electrons. The summed E-state index contributed by atoms with van der Waals surface area (Å²) in [6.45, 7) is 2.57. The van der Waals surface area contributed by atoms with E-state index < -0.39 is 9.84 Å². The number of nitrogens with zero attached hydrogens (tertiary/aromatic N) is 4. The molecule has 0 aliphatic carbocycles. The molecule has 1 saturated heterocycles. The predicted molar refractivity (Wildman–Crippen MR) is 93.7 cm³/mol. The van der Waals surface area contributed by atoms with Crippen molar-refractivity contribution in [2.45, 2.75) is 36.8 Å². The first kappa shape index (κ1) is 18.0. The van der Waals surface area contributed by atoms with Crippen LogP contribution in [0.4, 0.5) is 0 Å². The smallest absolute Gasteiger partial charge is 0.175 e. The molecular formula is C17H24N4O3S. The first-order valence-corrected chi connectivity index (χ1v) is 10.3. The molecule has 25 heavy (non-hydrogen) atoms. The Morgan fingerprint density at radius 2 is 1.96 bits per heavy atom. The van der Waals surface area contributed by atoms with Crippen LogP contribution in [0.5, 0.6) is 0 Å². The summed E-state index contributed by atoms with van der Waals surface area (Å²) >= 11 is 0. The highest BCUT2D eigenvalue weighted by molar-refractivity contribution is 7.90. The highest BCUT2D eigenvalue weighted by Gasteiger charge is 2.25. The number of hydrogen-bond donors (Lipinski definition) is 1. The van der Waals surface area contributed by atoms with Gasteiger partial charge in [0, 0.05) is 32.3 Å². The molecule has 0 radical (unpaired) electrons. The Kier molecular flexibility index (Phi) is 5.21. The molecule has 2 heterocycles. The van der Waals surface area contributed by atoms with Gasteiger partial charge in [-0.25, -0.2) is 8.42 Å². The van der Waals surface area contributed by atoms with Gasteiger partial charge in [-0.05, 0) is 37.1 Å². The zero-order valence-electron chi connectivity index (χ0n) is 14.6. The van der Waals surface area contributed by atoms with E-state index in [1.165, 1.54) is 6.26 Å². The van der Waals surface area contributed by atoms with Crippen LogP contribution in [-0.2, 0) is 30.0 Å². The summed E-state index contributed by atoms with van der Waals surface area (Å²) < 4.78 is 25.0. The van der Waals surface area contributed by atoms with Crippen LogP contribution >= 0.6 is 0 Å². The molecular weight excluding hydrogens is 340 g/mol. The third-order valence-electron chi connectivity index (χ3n) is 4.77. The van der Waals surface area contributed by atoms with Crippen molar-refractivity contribution in [2.24, 2.45) is 7.05 Å². The van der Waals surface area contributed by atoms with E-state index in [0.717, 1.165) is 43.9 Å². The highest BCUT2D eigenvalue weighted by atomic mass is 32.2. The molecule has 1 aromatic carbocycles. The second kappa shape index (κ2) is 7.23. The van der Waals surface area contributed by atoms with Crippen molar-refractivity contribution in [1.82, 2.24) is 19.7 Å². The molecule has 7 nitrogen and oxygen atoms in total. The SMILES string of the molecule is Cn1c(CO)nnc1[C@H]1CCCN(Cc2ccc(S(C)(=O)=O)cc2)C1. The van der Waals surface area contributed by atoms with Gasteiger partial charge in [-0.3, -0.25) is 4.90 Å². The third kappa shape index (κ3) is 4.08. The van der Waals surface area contributed by atoms with Crippen molar-refractivity contribution in [1.29, 1.82) is 0 Å². The van der Waals surface area contributed by atoms with Crippen LogP contribution in [0.2, 0.25) is 0 Å². The van der Waals surface area contributed by atoms with Crippen molar-refractivity contribution in [2.75, 3.05) is 19.3 Å². The number of hydrogen-bond acceptors (Lipinski definition) is 6. The molecule has 2 aromatic rings. The molecule has 1 N–H and O–H groups in total. The zero-order chi connectivity index (χ0) is 18.0. The van der Waals surface area contributed by atoms with Gasteiger partial charge in [0.2, 0.25) is 0 Å². The van der Waals surface area contributed by atoms with E-state index in [0.29, 0.717) is 16.6 Å². The van der Waals surface area contributed by atoms with E-state index in [2.05, 4.69) is 15.1 Å². The summed E-state index contributed by atoms with van der Waals surface area (Å²) in [6.07, 6.45) is 3.35. The Morgan fingerprint density at radius 1 is 1.24 bits per heavy atom. The Hall–Kier alpha value is -1.77. The van der Waals surface area contributed by atoms with Gasteiger partial charge in [0.25, 0.3) is 0 Å². The molecule has 1 atom stereocenters. The summed E-state index contributed by atoms with van der Waals surface area (Å²) in [5.41, 5.74) is 1.10. The number of piperidine rings is 1. The third-order valence-corrected chi connectivity index (χ3v) is 5.90. The zero-order valence-corrected chi connectivity index (χ0v) is 15.4. The van der Waals surface area contributed by atoms with Crippen LogP contribution in [0.25, 0.3) is 0 Å². The van der Waals surface area contributed by atoms with E-state index in [1.807, 2.05) is 23.7 Å². The van der Waals surface area contributed by atoms with E-state index in [9.17, 15) is 13.5 Å². The summed E-state index contributed by atoms with van der Waals surface area (Å²) in [6, 6.07) is 7.10. The van der Waals surface area contributed by atoms with Crippen molar-refractivity contribution in [3.05, 3.63) is 41.5 Å². The number of aliphatic hydroxyl groups is 1. The number of benzene rings is 1. The monoisotopic (exact) mass is 364 g/mol. The fourth-order valence-electron chi connectivity index (χ4n) is 3.38. The summed E-state index contributed by atoms with van der Waals surface area (Å²) in [5.74, 6) is 1.80. The molecule has 0 amide bonds. The molecule has 0 bridgehead atoms. The number of aliphatic hydroxyl groups excluding tert-OH is 1. The highest BCUT2D eigenvalue weighted by Crippen LogP contribution is 2.27. The molecule has 8 heteroatoms. The first-order chi connectivity index (χ1) is 11.9. The number of aromatic nitrogens is 3. The average Bonchev–Trinajstić information content (AvgIpc) is 2.95. The van der Waals surface area contributed by atoms with Gasteiger partial charge in [-0.1, -0.05) is 12.1 Å². The first-order valence-electron chi connectivity index (χ1n) is 8.39. The number of likely N-dealkylation sites (tertiary alicyclic amines) is 1. The molecule has 0 saturated carbocycles. The van der Waals surface area contributed by atoms with Crippen molar-refractivity contribution >= 4 is 9.84 Å². The van der Waals surface area contributed by atoms with Crippen molar-refractivity contribution in [3.8, 4) is 0 Å². The largest absolute Gasteiger partial charge is 0.388 e. The summed E-state index contributed by atoms with van der Waals surface area (Å²) in [7, 11) is -1.26. The molecule has 0 spiro atoms. The lowest BCUT2D eigenvalue weighted by molar-refractivity contribution is 0.194. The molecule has 3 rings (SSSR count). The van der Waals surface area contributed by atoms with Crippen LogP contribution < -0.4 is 0 Å². The Balaban J connectivity index is 1.68. The lowest BCUT2D eigenvalue weighted by atomic mass is 9.96. The minimum absolute atomic E-state index is 0.105. The molecule has 1 aromatic heterocycles. The standard InChI is InChI=1S/C17H24N4O3S/c1-20-16(12-22)18-19-17(20)14-4-3-9-21(11-14)10-13-5-7-15(8-6-13)25(2,23)24/h5-8,14,22H,3-4,9-12H2,1-2H3/t14-/m0/s1. The fourth-order valence-corrected chi connectivity index (χ4v) is 4.01. The Morgan fingerprint density at radius 3 is 2.56 bits per heavy atom. The van der Waals surface area contributed by atoms with E-state index in [-0.39, 0.29) is 6.61 Å². The predicted octanol–water partition coefficient (Wildman–Crippen LogP) is 1.09. The minimum Gasteiger partial charge on any atom is -0.388 e. The van der Waals surface area contributed by atoms with Gasteiger partial charge in [-0.15, -0.1) is 10.2 Å². The second-order valence-electron chi connectivity index (χ2n) is 6.68. The number of rotatable bonds is 5. The van der Waals surface area contributed by atoms with Gasteiger partial charge in [-0.2, -0.15) is 0 Å². The summed E-state index contributed by atoms with van der Waals surface area (Å²) in [4.78, 5) is 2.71. The quantitative estimate of drug-likeness (QED) is 0.854. The van der Waals surface area contributed by atoms with Gasteiger partial charge in [0.05, 0.1) is 4.90 Å². The maximum atomic E-state index is 11.5. The van der Waals surface area contributed by atoms with Gasteiger partial charge in [0.15, 0.2) is 15.7 Å². The number of sulfone groups is 1. The maximum absolute atomic E-state index is 11.5. The van der Waals surface area contributed by atoms with Crippen LogP contribution in [0, 0.1) is 0 Å². The minimum atomic E-state index is -3.15. The molecule has 1 aliphatic heterocycles. The lowest BCUT2D eigenvalue weighted by Crippen LogP contribution is -2.34. The Bertz CT molecular complexity index is 830. The van der Waals surface area contributed by atoms with Gasteiger partial charge >= 0.3 is 0 Å². The van der Waals surface area contributed by atoms with Crippen LogP contribution in [0.3, 0.4) is 0 Å². The topological polar surface area (TPSA) is 88.3 Å². The lowest BCUT2D eigenvalue weighted by Gasteiger charge is -2.32. The Labute approximate surface area is 148 Å². The molecule has 0 unspecified atom stereocenters. The maximum Gasteiger partial charge on any atom is 0.175 e. The van der Waals surface area contributed by atoms with E-state index in [1.54, 1.807) is 12.1 Å². The van der Waals surface area contributed by atoms with Crippen molar-refractivity contribution in [3.63, 3.8) is 0 Å². The molecule has 1 aliphatic rings.